The summed E-state index contributed by atoms with van der Waals surface area (Å²) in [5.41, 5.74) is 2.62. The van der Waals surface area contributed by atoms with Crippen molar-refractivity contribution in [2.45, 2.75) is 32.7 Å². The largest absolute Gasteiger partial charge is 0.299 e. The molecular weight excluding hydrogens is 172 g/mol. The molecule has 1 aliphatic rings. The first-order valence-corrected chi connectivity index (χ1v) is 5.47. The van der Waals surface area contributed by atoms with Crippen molar-refractivity contribution in [3.05, 3.63) is 29.6 Å². The molecule has 2 heteroatoms. The van der Waals surface area contributed by atoms with Crippen molar-refractivity contribution in [1.82, 2.24) is 9.88 Å². The van der Waals surface area contributed by atoms with Gasteiger partial charge in [-0.3, -0.25) is 9.88 Å². The lowest BCUT2D eigenvalue weighted by atomic mass is 10.1. The summed E-state index contributed by atoms with van der Waals surface area (Å²) in [5.74, 6) is 0. The minimum Gasteiger partial charge on any atom is -0.299 e. The Labute approximate surface area is 86.0 Å². The van der Waals surface area contributed by atoms with Crippen molar-refractivity contribution in [2.24, 2.45) is 0 Å². The molecule has 0 atom stereocenters. The molecule has 0 radical (unpaired) electrons. The maximum absolute atomic E-state index is 4.22. The standard InChI is InChI=1S/C12H18N2/c1-11-7-12(9-13-8-11)10-14-5-3-2-4-6-14/h7-9H,2-6,10H2,1H3. The molecule has 0 aliphatic carbocycles. The number of pyridine rings is 1. The molecule has 14 heavy (non-hydrogen) atoms. The highest BCUT2D eigenvalue weighted by atomic mass is 15.1. The van der Waals surface area contributed by atoms with Crippen molar-refractivity contribution >= 4 is 0 Å². The van der Waals surface area contributed by atoms with Crippen LogP contribution in [0.25, 0.3) is 0 Å². The highest BCUT2D eigenvalue weighted by Gasteiger charge is 2.10. The van der Waals surface area contributed by atoms with E-state index in [0.717, 1.165) is 6.54 Å². The van der Waals surface area contributed by atoms with E-state index < -0.39 is 0 Å². The fourth-order valence-corrected chi connectivity index (χ4v) is 2.08. The van der Waals surface area contributed by atoms with E-state index in [9.17, 15) is 0 Å². The van der Waals surface area contributed by atoms with Gasteiger partial charge in [0.25, 0.3) is 0 Å². The summed E-state index contributed by atoms with van der Waals surface area (Å²) in [5, 5.41) is 0. The lowest BCUT2D eigenvalue weighted by Gasteiger charge is -2.26. The third-order valence-electron chi connectivity index (χ3n) is 2.79. The van der Waals surface area contributed by atoms with Crippen LogP contribution >= 0.6 is 0 Å². The molecule has 0 amide bonds. The van der Waals surface area contributed by atoms with E-state index in [2.05, 4.69) is 22.9 Å². The van der Waals surface area contributed by atoms with Gasteiger partial charge in [-0.25, -0.2) is 0 Å². The van der Waals surface area contributed by atoms with Crippen LogP contribution < -0.4 is 0 Å². The molecule has 0 spiro atoms. The van der Waals surface area contributed by atoms with Gasteiger partial charge in [0, 0.05) is 18.9 Å². The third kappa shape index (κ3) is 2.55. The summed E-state index contributed by atoms with van der Waals surface area (Å²) in [6.45, 7) is 5.70. The Morgan fingerprint density at radius 3 is 2.71 bits per heavy atom. The summed E-state index contributed by atoms with van der Waals surface area (Å²) in [6.07, 6.45) is 8.03. The predicted octanol–water partition coefficient (Wildman–Crippen LogP) is 2.38. The Hall–Kier alpha value is -0.890. The molecule has 2 heterocycles. The van der Waals surface area contributed by atoms with Gasteiger partial charge in [0.1, 0.15) is 0 Å². The molecule has 2 nitrogen and oxygen atoms in total. The zero-order valence-electron chi connectivity index (χ0n) is 8.87. The quantitative estimate of drug-likeness (QED) is 0.711. The first-order valence-electron chi connectivity index (χ1n) is 5.47. The average Bonchev–Trinajstić information content (AvgIpc) is 2.19. The van der Waals surface area contributed by atoms with Crippen LogP contribution in [0.4, 0.5) is 0 Å². The monoisotopic (exact) mass is 190 g/mol. The van der Waals surface area contributed by atoms with Gasteiger partial charge in [0.2, 0.25) is 0 Å². The van der Waals surface area contributed by atoms with Crippen molar-refractivity contribution in [3.8, 4) is 0 Å². The van der Waals surface area contributed by atoms with Crippen LogP contribution in [0.5, 0.6) is 0 Å². The van der Waals surface area contributed by atoms with Gasteiger partial charge in [-0.05, 0) is 44.0 Å². The highest BCUT2D eigenvalue weighted by Crippen LogP contribution is 2.12. The van der Waals surface area contributed by atoms with Crippen LogP contribution in [-0.2, 0) is 6.54 Å². The van der Waals surface area contributed by atoms with E-state index in [0.29, 0.717) is 0 Å². The SMILES string of the molecule is Cc1cncc(CN2CCCCC2)c1. The van der Waals surface area contributed by atoms with E-state index in [1.54, 1.807) is 0 Å². The van der Waals surface area contributed by atoms with E-state index in [1.165, 1.54) is 43.5 Å². The molecule has 1 fully saturated rings. The summed E-state index contributed by atoms with van der Waals surface area (Å²) in [4.78, 5) is 6.75. The normalized spacial score (nSPS) is 18.4. The predicted molar refractivity (Wildman–Crippen MR) is 58.1 cm³/mol. The van der Waals surface area contributed by atoms with Crippen LogP contribution in [0.1, 0.15) is 30.4 Å². The minimum absolute atomic E-state index is 1.08. The topological polar surface area (TPSA) is 16.1 Å². The van der Waals surface area contributed by atoms with Gasteiger partial charge in [0.15, 0.2) is 0 Å². The third-order valence-corrected chi connectivity index (χ3v) is 2.79. The molecular formula is C12H18N2. The second-order valence-corrected chi connectivity index (χ2v) is 4.21. The maximum Gasteiger partial charge on any atom is 0.0313 e. The molecule has 0 saturated carbocycles. The Morgan fingerprint density at radius 1 is 1.21 bits per heavy atom. The summed E-state index contributed by atoms with van der Waals surface area (Å²) < 4.78 is 0. The van der Waals surface area contributed by atoms with Crippen molar-refractivity contribution in [3.63, 3.8) is 0 Å². The molecule has 0 aromatic carbocycles. The molecule has 76 valence electrons. The number of aromatic nitrogens is 1. The molecule has 1 aromatic heterocycles. The average molecular weight is 190 g/mol. The second kappa shape index (κ2) is 4.56. The summed E-state index contributed by atoms with van der Waals surface area (Å²) in [6, 6.07) is 2.24. The molecule has 0 N–H and O–H groups in total. The maximum atomic E-state index is 4.22. The number of hydrogen-bond acceptors (Lipinski definition) is 2. The first-order chi connectivity index (χ1) is 6.84. The van der Waals surface area contributed by atoms with Crippen molar-refractivity contribution in [2.75, 3.05) is 13.1 Å². The van der Waals surface area contributed by atoms with Crippen LogP contribution in [0.3, 0.4) is 0 Å². The number of likely N-dealkylation sites (tertiary alicyclic amines) is 1. The van der Waals surface area contributed by atoms with Gasteiger partial charge < -0.3 is 0 Å². The van der Waals surface area contributed by atoms with Crippen molar-refractivity contribution < 1.29 is 0 Å². The summed E-state index contributed by atoms with van der Waals surface area (Å²) in [7, 11) is 0. The van der Waals surface area contributed by atoms with Gasteiger partial charge in [0.05, 0.1) is 0 Å². The van der Waals surface area contributed by atoms with E-state index >= 15 is 0 Å². The number of aryl methyl sites for hydroxylation is 1. The number of hydrogen-bond donors (Lipinski definition) is 0. The lowest BCUT2D eigenvalue weighted by Crippen LogP contribution is -2.29. The van der Waals surface area contributed by atoms with E-state index in [1.807, 2.05) is 12.4 Å². The first kappa shape index (κ1) is 9.66. The minimum atomic E-state index is 1.08. The van der Waals surface area contributed by atoms with Gasteiger partial charge in [-0.15, -0.1) is 0 Å². The zero-order valence-corrected chi connectivity index (χ0v) is 8.87. The molecule has 0 unspecified atom stereocenters. The van der Waals surface area contributed by atoms with Crippen LogP contribution in [-0.4, -0.2) is 23.0 Å². The van der Waals surface area contributed by atoms with Gasteiger partial charge in [-0.1, -0.05) is 12.5 Å². The Bertz CT molecular complexity index is 290. The van der Waals surface area contributed by atoms with Crippen LogP contribution in [0, 0.1) is 6.92 Å². The fourth-order valence-electron chi connectivity index (χ4n) is 2.08. The van der Waals surface area contributed by atoms with Gasteiger partial charge >= 0.3 is 0 Å². The summed E-state index contributed by atoms with van der Waals surface area (Å²) >= 11 is 0. The Balaban J connectivity index is 1.95. The van der Waals surface area contributed by atoms with E-state index in [-0.39, 0.29) is 0 Å². The molecule has 1 aliphatic heterocycles. The molecule has 1 aromatic rings. The number of nitrogens with zero attached hydrogens (tertiary/aromatic N) is 2. The second-order valence-electron chi connectivity index (χ2n) is 4.21. The van der Waals surface area contributed by atoms with Crippen LogP contribution in [0.2, 0.25) is 0 Å². The van der Waals surface area contributed by atoms with Gasteiger partial charge in [-0.2, -0.15) is 0 Å². The lowest BCUT2D eigenvalue weighted by molar-refractivity contribution is 0.220. The molecule has 2 rings (SSSR count). The Kier molecular flexibility index (Phi) is 3.14. The van der Waals surface area contributed by atoms with Crippen molar-refractivity contribution in [1.29, 1.82) is 0 Å². The fraction of sp³-hybridized carbons (Fsp3) is 0.583. The smallest absolute Gasteiger partial charge is 0.0313 e. The van der Waals surface area contributed by atoms with E-state index in [4.69, 9.17) is 0 Å². The Morgan fingerprint density at radius 2 is 2.00 bits per heavy atom. The highest BCUT2D eigenvalue weighted by molar-refractivity contribution is 5.16. The molecule has 1 saturated heterocycles. The number of piperidine rings is 1. The number of rotatable bonds is 2. The zero-order chi connectivity index (χ0) is 9.80. The van der Waals surface area contributed by atoms with Crippen LogP contribution in [0.15, 0.2) is 18.5 Å². The molecule has 0 bridgehead atoms.